The molecule has 4 heterocycles. The van der Waals surface area contributed by atoms with Crippen LogP contribution in [0.1, 0.15) is 37.3 Å². The summed E-state index contributed by atoms with van der Waals surface area (Å²) < 4.78 is 9.65. The van der Waals surface area contributed by atoms with Gasteiger partial charge in [0.2, 0.25) is 0 Å². The van der Waals surface area contributed by atoms with E-state index >= 15 is 0 Å². The number of nitrogens with two attached hydrogens (primary N) is 1. The van der Waals surface area contributed by atoms with Crippen LogP contribution in [-0.2, 0) is 11.3 Å². The van der Waals surface area contributed by atoms with Crippen molar-refractivity contribution >= 4 is 39.4 Å². The third-order valence-electron chi connectivity index (χ3n) is 8.23. The summed E-state index contributed by atoms with van der Waals surface area (Å²) in [6, 6.07) is 15.1. The fourth-order valence-corrected chi connectivity index (χ4v) is 6.44. The number of aromatic nitrogens is 6. The molecule has 0 radical (unpaired) electrons. The van der Waals surface area contributed by atoms with Crippen molar-refractivity contribution < 1.29 is 4.74 Å². The van der Waals surface area contributed by atoms with Gasteiger partial charge in [0.05, 0.1) is 42.9 Å². The maximum Gasteiger partial charge on any atom is 0.164 e. The van der Waals surface area contributed by atoms with Crippen molar-refractivity contribution in [2.45, 2.75) is 44.3 Å². The molecule has 2 N–H and O–H groups in total. The molecule has 39 heavy (non-hydrogen) atoms. The molecule has 3 aromatic heterocycles. The number of rotatable bonds is 5. The molecule has 9 nitrogen and oxygen atoms in total. The Kier molecular flexibility index (Phi) is 6.42. The zero-order valence-electron chi connectivity index (χ0n) is 21.7. The minimum atomic E-state index is 0.289. The lowest BCUT2D eigenvalue weighted by atomic mass is 9.90. The summed E-state index contributed by atoms with van der Waals surface area (Å²) in [4.78, 5) is 11.6. The fourth-order valence-electron chi connectivity index (χ4n) is 6.23. The third-order valence-corrected chi connectivity index (χ3v) is 8.46. The smallest absolute Gasteiger partial charge is 0.164 e. The number of fused-ring (bicyclic) bond motifs is 2. The SMILES string of the molecule is Nc1ncnc2c1c(-c1ccc3c(cnn3Cc3cccc(Cl)c3)c1)nn2[C@H]1CC[C@H](N2CCOCC2)CC1. The van der Waals surface area contributed by atoms with Crippen LogP contribution in [0.2, 0.25) is 5.02 Å². The summed E-state index contributed by atoms with van der Waals surface area (Å²) in [6.07, 6.45) is 7.88. The normalized spacial score (nSPS) is 20.6. The van der Waals surface area contributed by atoms with Gasteiger partial charge in [0.15, 0.2) is 5.65 Å². The lowest BCUT2D eigenvalue weighted by molar-refractivity contribution is 0.00520. The molecule has 1 saturated carbocycles. The van der Waals surface area contributed by atoms with Crippen molar-refractivity contribution in [3.63, 3.8) is 0 Å². The van der Waals surface area contributed by atoms with Gasteiger partial charge in [0.1, 0.15) is 17.8 Å². The van der Waals surface area contributed by atoms with Crippen molar-refractivity contribution in [2.24, 2.45) is 0 Å². The Morgan fingerprint density at radius 1 is 0.974 bits per heavy atom. The third kappa shape index (κ3) is 4.64. The lowest BCUT2D eigenvalue weighted by Crippen LogP contribution is -2.45. The standard InChI is InChI=1S/C29H31ClN8O/c30-22-3-1-2-19(14-22)17-37-25-9-4-20(15-21(25)16-34-37)27-26-28(31)32-18-33-29(26)38(35-27)24-7-5-23(6-8-24)36-10-12-39-13-11-36/h1-4,9,14-16,18,23-24H,5-8,10-13,17H2,(H2,31,32,33)/t23-,24-. The second-order valence-corrected chi connectivity index (χ2v) is 11.0. The zero-order chi connectivity index (χ0) is 26.3. The van der Waals surface area contributed by atoms with E-state index in [1.54, 1.807) is 6.33 Å². The van der Waals surface area contributed by atoms with Gasteiger partial charge in [-0.05, 0) is 55.5 Å². The van der Waals surface area contributed by atoms with Crippen molar-refractivity contribution in [1.82, 2.24) is 34.4 Å². The number of nitrogens with zero attached hydrogens (tertiary/aromatic N) is 7. The van der Waals surface area contributed by atoms with E-state index in [-0.39, 0.29) is 6.04 Å². The summed E-state index contributed by atoms with van der Waals surface area (Å²) in [5, 5.41) is 12.4. The Morgan fingerprint density at radius 2 is 1.79 bits per heavy atom. The van der Waals surface area contributed by atoms with E-state index in [2.05, 4.69) is 48.9 Å². The molecule has 0 bridgehead atoms. The van der Waals surface area contributed by atoms with Gasteiger partial charge < -0.3 is 10.5 Å². The van der Waals surface area contributed by atoms with E-state index in [4.69, 9.17) is 27.2 Å². The molecular formula is C29H31ClN8O. The number of morpholine rings is 1. The van der Waals surface area contributed by atoms with Gasteiger partial charge in [-0.25, -0.2) is 14.6 Å². The molecule has 7 rings (SSSR count). The molecule has 2 aromatic carbocycles. The van der Waals surface area contributed by atoms with Crippen LogP contribution in [-0.4, -0.2) is 66.8 Å². The molecule has 2 aliphatic rings. The second-order valence-electron chi connectivity index (χ2n) is 10.6. The van der Waals surface area contributed by atoms with E-state index in [9.17, 15) is 0 Å². The molecule has 5 aromatic rings. The molecule has 0 spiro atoms. The van der Waals surface area contributed by atoms with Crippen molar-refractivity contribution in [3.8, 4) is 11.3 Å². The van der Waals surface area contributed by atoms with Gasteiger partial charge in [-0.1, -0.05) is 29.8 Å². The van der Waals surface area contributed by atoms with Crippen LogP contribution in [0.4, 0.5) is 5.82 Å². The topological polar surface area (TPSA) is 99.9 Å². The number of halogens is 1. The van der Waals surface area contributed by atoms with Crippen molar-refractivity contribution in [3.05, 3.63) is 65.6 Å². The zero-order valence-corrected chi connectivity index (χ0v) is 22.5. The molecule has 2 fully saturated rings. The highest BCUT2D eigenvalue weighted by atomic mass is 35.5. The van der Waals surface area contributed by atoms with Gasteiger partial charge in [0.25, 0.3) is 0 Å². The van der Waals surface area contributed by atoms with Crippen LogP contribution < -0.4 is 5.73 Å². The summed E-state index contributed by atoms with van der Waals surface area (Å²) in [6.45, 7) is 4.40. The monoisotopic (exact) mass is 542 g/mol. The summed E-state index contributed by atoms with van der Waals surface area (Å²) >= 11 is 6.19. The van der Waals surface area contributed by atoms with Crippen LogP contribution >= 0.6 is 11.6 Å². The highest BCUT2D eigenvalue weighted by Gasteiger charge is 2.30. The summed E-state index contributed by atoms with van der Waals surface area (Å²) in [7, 11) is 0. The number of benzene rings is 2. The molecule has 0 amide bonds. The minimum absolute atomic E-state index is 0.289. The van der Waals surface area contributed by atoms with Crippen LogP contribution in [0.5, 0.6) is 0 Å². The first-order valence-corrected chi connectivity index (χ1v) is 14.0. The number of nitrogen functional groups attached to an aromatic ring is 1. The molecule has 0 unspecified atom stereocenters. The minimum Gasteiger partial charge on any atom is -0.383 e. The first kappa shape index (κ1) is 24.5. The molecule has 0 atom stereocenters. The molecular weight excluding hydrogens is 512 g/mol. The fraction of sp³-hybridized carbons (Fsp3) is 0.379. The average Bonchev–Trinajstić information content (AvgIpc) is 3.56. The average molecular weight is 543 g/mol. The van der Waals surface area contributed by atoms with E-state index in [0.29, 0.717) is 18.4 Å². The quantitative estimate of drug-likeness (QED) is 0.335. The van der Waals surface area contributed by atoms with E-state index in [0.717, 1.165) is 95.8 Å². The number of ether oxygens (including phenoxy) is 1. The maximum absolute atomic E-state index is 6.42. The van der Waals surface area contributed by atoms with Crippen molar-refractivity contribution in [1.29, 1.82) is 0 Å². The lowest BCUT2D eigenvalue weighted by Gasteiger charge is -2.38. The van der Waals surface area contributed by atoms with Crippen molar-refractivity contribution in [2.75, 3.05) is 32.0 Å². The summed E-state index contributed by atoms with van der Waals surface area (Å²) in [5.74, 6) is 0.458. The van der Waals surface area contributed by atoms with E-state index in [1.807, 2.05) is 29.1 Å². The van der Waals surface area contributed by atoms with Crippen LogP contribution in [0.15, 0.2) is 55.0 Å². The molecule has 1 saturated heterocycles. The first-order valence-electron chi connectivity index (χ1n) is 13.6. The Morgan fingerprint density at radius 3 is 2.62 bits per heavy atom. The van der Waals surface area contributed by atoms with Gasteiger partial charge >= 0.3 is 0 Å². The number of hydrogen-bond acceptors (Lipinski definition) is 7. The maximum atomic E-state index is 6.42. The van der Waals surface area contributed by atoms with Gasteiger partial charge in [0, 0.05) is 35.1 Å². The predicted octanol–water partition coefficient (Wildman–Crippen LogP) is 4.94. The van der Waals surface area contributed by atoms with Crippen LogP contribution in [0, 0.1) is 0 Å². The Balaban J connectivity index is 1.19. The highest BCUT2D eigenvalue weighted by Crippen LogP contribution is 2.37. The van der Waals surface area contributed by atoms with Gasteiger partial charge in [-0.2, -0.15) is 10.2 Å². The van der Waals surface area contributed by atoms with Gasteiger partial charge in [-0.3, -0.25) is 9.58 Å². The van der Waals surface area contributed by atoms with Crippen LogP contribution in [0.25, 0.3) is 33.2 Å². The second kappa shape index (κ2) is 10.2. The first-order chi connectivity index (χ1) is 19.1. The molecule has 1 aliphatic carbocycles. The molecule has 1 aliphatic heterocycles. The number of anilines is 1. The Bertz CT molecular complexity index is 1630. The van der Waals surface area contributed by atoms with Gasteiger partial charge in [-0.15, -0.1) is 0 Å². The van der Waals surface area contributed by atoms with E-state index < -0.39 is 0 Å². The highest BCUT2D eigenvalue weighted by molar-refractivity contribution is 6.30. The van der Waals surface area contributed by atoms with E-state index in [1.165, 1.54) is 0 Å². The summed E-state index contributed by atoms with van der Waals surface area (Å²) in [5.41, 5.74) is 11.2. The Hall–Kier alpha value is -3.53. The number of hydrogen-bond donors (Lipinski definition) is 1. The molecule has 10 heteroatoms. The predicted molar refractivity (Wildman–Crippen MR) is 153 cm³/mol. The largest absolute Gasteiger partial charge is 0.383 e. The van der Waals surface area contributed by atoms with Crippen LogP contribution in [0.3, 0.4) is 0 Å². The Labute approximate surface area is 231 Å². The molecule has 200 valence electrons.